The third kappa shape index (κ3) is 58.2. The molecule has 0 bridgehead atoms. The molecule has 0 aliphatic rings. The molecule has 0 saturated heterocycles. The number of hydrogen-bond donors (Lipinski definition) is 3. The Bertz CT molecular complexity index is 1700. The summed E-state index contributed by atoms with van der Waals surface area (Å²) < 4.78 is 68.1. The maximum absolute atomic E-state index is 13.0. The second kappa shape index (κ2) is 56.1. The second-order valence-corrected chi connectivity index (χ2v) is 28.2. The molecule has 0 amide bonds. The Morgan fingerprint density at radius 3 is 0.835 bits per heavy atom. The van der Waals surface area contributed by atoms with Gasteiger partial charge in [-0.3, -0.25) is 37.3 Å². The molecule has 0 aromatic carbocycles. The topological polar surface area (TPSA) is 237 Å². The van der Waals surface area contributed by atoms with Gasteiger partial charge in [-0.05, 0) is 49.4 Å². The number of carbonyl (C=O) groups excluding carboxylic acids is 4. The van der Waals surface area contributed by atoms with Crippen LogP contribution in [0.25, 0.3) is 0 Å². The van der Waals surface area contributed by atoms with Crippen LogP contribution < -0.4 is 0 Å². The zero-order valence-electron chi connectivity index (χ0n) is 55.2. The van der Waals surface area contributed by atoms with E-state index in [0.29, 0.717) is 31.6 Å². The first-order valence-electron chi connectivity index (χ1n) is 34.3. The maximum atomic E-state index is 13.0. The number of unbranched alkanes of at least 4 members (excludes halogenated alkanes) is 27. The maximum Gasteiger partial charge on any atom is 0.472 e. The molecule has 7 atom stereocenters. The van der Waals surface area contributed by atoms with E-state index in [2.05, 4.69) is 55.4 Å². The molecule has 85 heavy (non-hydrogen) atoms. The Morgan fingerprint density at radius 2 is 0.565 bits per heavy atom. The molecule has 0 spiro atoms. The number of carbonyl (C=O) groups is 4. The smallest absolute Gasteiger partial charge is 0.462 e. The number of hydrogen-bond acceptors (Lipinski definition) is 15. The van der Waals surface area contributed by atoms with E-state index in [1.807, 2.05) is 0 Å². The van der Waals surface area contributed by atoms with Crippen molar-refractivity contribution in [2.24, 2.45) is 23.7 Å². The molecule has 0 radical (unpaired) electrons. The van der Waals surface area contributed by atoms with E-state index < -0.39 is 97.5 Å². The van der Waals surface area contributed by atoms with Gasteiger partial charge in [0.05, 0.1) is 26.4 Å². The number of phosphoric ester groups is 2. The van der Waals surface area contributed by atoms with E-state index in [-0.39, 0.29) is 25.7 Å². The fraction of sp³-hybridized carbons (Fsp3) is 0.939. The van der Waals surface area contributed by atoms with Crippen LogP contribution in [0.5, 0.6) is 0 Å². The van der Waals surface area contributed by atoms with Crippen molar-refractivity contribution in [3.63, 3.8) is 0 Å². The molecule has 17 nitrogen and oxygen atoms in total. The number of rotatable bonds is 63. The van der Waals surface area contributed by atoms with Gasteiger partial charge in [0.1, 0.15) is 19.3 Å². The molecule has 0 heterocycles. The third-order valence-corrected chi connectivity index (χ3v) is 17.7. The van der Waals surface area contributed by atoms with Crippen molar-refractivity contribution in [3.05, 3.63) is 0 Å². The predicted molar refractivity (Wildman–Crippen MR) is 340 cm³/mol. The molecule has 0 aromatic heterocycles. The molecule has 0 fully saturated rings. The summed E-state index contributed by atoms with van der Waals surface area (Å²) >= 11 is 0. The molecule has 19 heteroatoms. The lowest BCUT2D eigenvalue weighted by Crippen LogP contribution is -2.30. The van der Waals surface area contributed by atoms with Gasteiger partial charge in [-0.25, -0.2) is 9.13 Å². The summed E-state index contributed by atoms with van der Waals surface area (Å²) in [6.45, 7) is 14.0. The Morgan fingerprint density at radius 1 is 0.329 bits per heavy atom. The van der Waals surface area contributed by atoms with Crippen molar-refractivity contribution < 1.29 is 80.2 Å². The summed E-state index contributed by atoms with van der Waals surface area (Å²) in [5.41, 5.74) is 0. The van der Waals surface area contributed by atoms with E-state index in [9.17, 15) is 43.2 Å². The van der Waals surface area contributed by atoms with Crippen LogP contribution in [0.2, 0.25) is 0 Å². The van der Waals surface area contributed by atoms with Crippen LogP contribution in [0.1, 0.15) is 319 Å². The fourth-order valence-corrected chi connectivity index (χ4v) is 11.3. The van der Waals surface area contributed by atoms with Gasteiger partial charge in [0.15, 0.2) is 12.2 Å². The summed E-state index contributed by atoms with van der Waals surface area (Å²) in [7, 11) is -9.89. The third-order valence-electron chi connectivity index (χ3n) is 15.8. The Hall–Kier alpha value is -1.94. The Balaban J connectivity index is 5.26. The van der Waals surface area contributed by atoms with Crippen molar-refractivity contribution in [1.82, 2.24) is 0 Å². The molecule has 3 N–H and O–H groups in total. The molecule has 504 valence electrons. The molecule has 0 aromatic rings. The van der Waals surface area contributed by atoms with Crippen LogP contribution in [0.3, 0.4) is 0 Å². The van der Waals surface area contributed by atoms with Gasteiger partial charge in [-0.1, -0.05) is 267 Å². The van der Waals surface area contributed by atoms with Crippen molar-refractivity contribution in [2.75, 3.05) is 39.6 Å². The van der Waals surface area contributed by atoms with Gasteiger partial charge in [0.2, 0.25) is 0 Å². The van der Waals surface area contributed by atoms with Gasteiger partial charge in [-0.15, -0.1) is 0 Å². The van der Waals surface area contributed by atoms with E-state index >= 15 is 0 Å². The predicted octanol–water partition coefficient (Wildman–Crippen LogP) is 18.1. The molecule has 0 aliphatic heterocycles. The van der Waals surface area contributed by atoms with Gasteiger partial charge < -0.3 is 33.8 Å². The van der Waals surface area contributed by atoms with Crippen LogP contribution in [-0.2, 0) is 65.4 Å². The zero-order valence-corrected chi connectivity index (χ0v) is 57.0. The van der Waals surface area contributed by atoms with Crippen molar-refractivity contribution in [1.29, 1.82) is 0 Å². The summed E-state index contributed by atoms with van der Waals surface area (Å²) in [6, 6.07) is 0. The number of aliphatic hydroxyl groups excluding tert-OH is 1. The van der Waals surface area contributed by atoms with Crippen molar-refractivity contribution in [3.8, 4) is 0 Å². The lowest BCUT2D eigenvalue weighted by Gasteiger charge is -2.21. The largest absolute Gasteiger partial charge is 0.472 e. The molecular weight excluding hydrogens is 1130 g/mol. The molecule has 0 aliphatic carbocycles. The molecule has 0 saturated carbocycles. The first-order chi connectivity index (χ1) is 40.7. The fourth-order valence-electron chi connectivity index (χ4n) is 9.72. The Kier molecular flexibility index (Phi) is 54.8. The monoisotopic (exact) mass is 1250 g/mol. The molecule has 4 unspecified atom stereocenters. The SMILES string of the molecule is CCC(C)CCCCCCCCCCC(=O)O[C@H](COC(=O)CCCCCCCCC(C)CC)COP(=O)(O)OC[C@H](O)COP(=O)(O)OC[C@@H](COC(=O)CCCCCCCCCCCCC(C)C)OC(=O)CCCCCCCCCC(C)C. The van der Waals surface area contributed by atoms with Crippen LogP contribution in [0, 0.1) is 23.7 Å². The summed E-state index contributed by atoms with van der Waals surface area (Å²) in [6.07, 6.45) is 36.2. The lowest BCUT2D eigenvalue weighted by atomic mass is 9.99. The van der Waals surface area contributed by atoms with Crippen LogP contribution in [0.15, 0.2) is 0 Å². The lowest BCUT2D eigenvalue weighted by molar-refractivity contribution is -0.161. The van der Waals surface area contributed by atoms with Gasteiger partial charge in [0, 0.05) is 25.7 Å². The standard InChI is InChI=1S/C66H128O17P2/c1-9-58(7)44-36-28-20-15-16-22-32-40-48-65(70)82-62(53-77-64(69)47-39-31-25-24-29-37-45-59(8)10-2)55-81-85(74,75)79-51-60(67)50-78-84(72,73)80-54-61(83-66(71)49-41-33-23-17-19-27-35-43-57(5)6)52-76-63(68)46-38-30-21-14-12-11-13-18-26-34-42-56(3)4/h56-62,67H,9-55H2,1-8H3,(H,72,73)(H,74,75)/t58?,59?,60-,61-,62-/m1/s1. The number of phosphoric acid groups is 2. The van der Waals surface area contributed by atoms with Crippen LogP contribution >= 0.6 is 15.6 Å². The minimum atomic E-state index is -4.95. The highest BCUT2D eigenvalue weighted by Gasteiger charge is 2.30. The summed E-state index contributed by atoms with van der Waals surface area (Å²) in [5, 5.41) is 10.6. The second-order valence-electron chi connectivity index (χ2n) is 25.3. The highest BCUT2D eigenvalue weighted by Crippen LogP contribution is 2.45. The van der Waals surface area contributed by atoms with Gasteiger partial charge >= 0.3 is 39.5 Å². The molecule has 0 rings (SSSR count). The summed E-state index contributed by atoms with van der Waals surface area (Å²) in [4.78, 5) is 72.3. The van der Waals surface area contributed by atoms with Crippen LogP contribution in [-0.4, -0.2) is 96.7 Å². The minimum absolute atomic E-state index is 0.102. The van der Waals surface area contributed by atoms with Crippen molar-refractivity contribution in [2.45, 2.75) is 337 Å². The van der Waals surface area contributed by atoms with E-state index in [1.165, 1.54) is 116 Å². The van der Waals surface area contributed by atoms with Crippen LogP contribution in [0.4, 0.5) is 0 Å². The van der Waals surface area contributed by atoms with Crippen molar-refractivity contribution >= 4 is 39.5 Å². The minimum Gasteiger partial charge on any atom is -0.462 e. The number of ether oxygens (including phenoxy) is 4. The number of esters is 4. The zero-order chi connectivity index (χ0) is 63.2. The quantitative estimate of drug-likeness (QED) is 0.0222. The average Bonchev–Trinajstić information content (AvgIpc) is 3.49. The average molecular weight is 1260 g/mol. The first kappa shape index (κ1) is 83.1. The first-order valence-corrected chi connectivity index (χ1v) is 37.3. The highest BCUT2D eigenvalue weighted by molar-refractivity contribution is 7.47. The summed E-state index contributed by atoms with van der Waals surface area (Å²) in [5.74, 6) is 0.816. The van der Waals surface area contributed by atoms with Gasteiger partial charge in [0.25, 0.3) is 0 Å². The van der Waals surface area contributed by atoms with E-state index in [4.69, 9.17) is 37.0 Å². The number of aliphatic hydroxyl groups is 1. The molecular formula is C66H128O17P2. The van der Waals surface area contributed by atoms with E-state index in [1.54, 1.807) is 0 Å². The highest BCUT2D eigenvalue weighted by atomic mass is 31.2. The normalized spacial score (nSPS) is 15.0. The van der Waals surface area contributed by atoms with Gasteiger partial charge in [-0.2, -0.15) is 0 Å². The van der Waals surface area contributed by atoms with E-state index in [0.717, 1.165) is 114 Å². The Labute approximate surface area is 517 Å².